The second-order valence-electron chi connectivity index (χ2n) is 6.72. The van der Waals surface area contributed by atoms with Gasteiger partial charge < -0.3 is 5.32 Å². The Bertz CT molecular complexity index is 880. The van der Waals surface area contributed by atoms with Crippen LogP contribution in [0.25, 0.3) is 0 Å². The summed E-state index contributed by atoms with van der Waals surface area (Å²) in [7, 11) is -3.69. The van der Waals surface area contributed by atoms with Gasteiger partial charge >= 0.3 is 0 Å². The summed E-state index contributed by atoms with van der Waals surface area (Å²) >= 11 is 5.82. The van der Waals surface area contributed by atoms with E-state index < -0.39 is 10.0 Å². The first-order valence-corrected chi connectivity index (χ1v) is 10.7. The van der Waals surface area contributed by atoms with Crippen molar-refractivity contribution < 1.29 is 13.2 Å². The van der Waals surface area contributed by atoms with E-state index in [1.165, 1.54) is 17.7 Å². The number of sulfonamides is 1. The molecule has 0 spiro atoms. The zero-order chi connectivity index (χ0) is 20.0. The van der Waals surface area contributed by atoms with Gasteiger partial charge in [0, 0.05) is 18.0 Å². The van der Waals surface area contributed by atoms with E-state index in [4.69, 9.17) is 11.6 Å². The van der Waals surface area contributed by atoms with Crippen molar-refractivity contribution in [3.05, 3.63) is 64.7 Å². The molecule has 1 atom stereocenters. The highest BCUT2D eigenvalue weighted by Crippen LogP contribution is 2.19. The Hall–Kier alpha value is -1.89. The van der Waals surface area contributed by atoms with E-state index in [2.05, 4.69) is 36.0 Å². The third-order valence-corrected chi connectivity index (χ3v) is 5.92. The third-order valence-electron chi connectivity index (χ3n) is 4.23. The largest absolute Gasteiger partial charge is 0.350 e. The van der Waals surface area contributed by atoms with Crippen LogP contribution in [-0.2, 0) is 14.8 Å². The second kappa shape index (κ2) is 9.35. The summed E-state index contributed by atoms with van der Waals surface area (Å²) in [4.78, 5) is 12.2. The second-order valence-corrected chi connectivity index (χ2v) is 8.92. The molecule has 0 heterocycles. The van der Waals surface area contributed by atoms with Gasteiger partial charge in [0.25, 0.3) is 0 Å². The maximum Gasteiger partial charge on any atom is 0.240 e. The number of nitrogens with one attached hydrogen (secondary N) is 2. The fourth-order valence-corrected chi connectivity index (χ4v) is 3.92. The van der Waals surface area contributed by atoms with Crippen molar-refractivity contribution in [1.82, 2.24) is 10.0 Å². The first kappa shape index (κ1) is 21.4. The molecule has 0 saturated carbocycles. The summed E-state index contributed by atoms with van der Waals surface area (Å²) in [5, 5.41) is 3.23. The number of hydrogen-bond donors (Lipinski definition) is 2. The van der Waals surface area contributed by atoms with Crippen LogP contribution in [0.2, 0.25) is 5.02 Å². The molecule has 2 N–H and O–H groups in total. The minimum Gasteiger partial charge on any atom is -0.350 e. The number of hydrogen-bond acceptors (Lipinski definition) is 3. The number of carbonyl (C=O) groups excluding carboxylic acids is 1. The van der Waals surface area contributed by atoms with E-state index in [1.807, 2.05) is 19.1 Å². The average Bonchev–Trinajstić information content (AvgIpc) is 2.61. The van der Waals surface area contributed by atoms with Crippen molar-refractivity contribution in [2.75, 3.05) is 6.54 Å². The summed E-state index contributed by atoms with van der Waals surface area (Å²) < 4.78 is 26.8. The molecule has 2 aromatic rings. The topological polar surface area (TPSA) is 75.3 Å². The molecule has 0 aromatic heterocycles. The van der Waals surface area contributed by atoms with Crippen LogP contribution in [0.3, 0.4) is 0 Å². The highest BCUT2D eigenvalue weighted by Gasteiger charge is 2.15. The highest BCUT2D eigenvalue weighted by molar-refractivity contribution is 7.89. The standard InChI is InChI=1S/C20H25ClN2O3S/c1-14(2)16-7-9-17(10-8-16)15(3)23-20(24)11-12-22-27(25,26)19-6-4-5-18(21)13-19/h4-10,13-15,22H,11-12H2,1-3H3,(H,23,24)/t15-/m1/s1. The molecular weight excluding hydrogens is 384 g/mol. The van der Waals surface area contributed by atoms with Gasteiger partial charge in [-0.25, -0.2) is 13.1 Å². The average molecular weight is 409 g/mol. The zero-order valence-electron chi connectivity index (χ0n) is 15.7. The van der Waals surface area contributed by atoms with Crippen LogP contribution in [0, 0.1) is 0 Å². The van der Waals surface area contributed by atoms with Gasteiger partial charge in [0.2, 0.25) is 15.9 Å². The molecule has 27 heavy (non-hydrogen) atoms. The van der Waals surface area contributed by atoms with Gasteiger partial charge in [-0.2, -0.15) is 0 Å². The molecule has 5 nitrogen and oxygen atoms in total. The summed E-state index contributed by atoms with van der Waals surface area (Å²) in [5.41, 5.74) is 2.25. The fraction of sp³-hybridized carbons (Fsp3) is 0.350. The monoisotopic (exact) mass is 408 g/mol. The molecule has 7 heteroatoms. The number of amides is 1. The molecule has 0 aliphatic heterocycles. The zero-order valence-corrected chi connectivity index (χ0v) is 17.3. The lowest BCUT2D eigenvalue weighted by Gasteiger charge is -2.16. The number of benzene rings is 2. The first-order valence-electron chi connectivity index (χ1n) is 8.83. The van der Waals surface area contributed by atoms with E-state index in [0.717, 1.165) is 5.56 Å². The molecule has 0 radical (unpaired) electrons. The molecule has 1 amide bonds. The van der Waals surface area contributed by atoms with Crippen LogP contribution < -0.4 is 10.0 Å². The molecule has 0 saturated heterocycles. The molecule has 146 valence electrons. The highest BCUT2D eigenvalue weighted by atomic mass is 35.5. The van der Waals surface area contributed by atoms with Crippen molar-refractivity contribution >= 4 is 27.5 Å². The maximum absolute atomic E-state index is 12.2. The van der Waals surface area contributed by atoms with E-state index in [1.54, 1.807) is 12.1 Å². The van der Waals surface area contributed by atoms with Gasteiger partial charge in [0.15, 0.2) is 0 Å². The normalized spacial score (nSPS) is 12.8. The Morgan fingerprint density at radius 2 is 1.67 bits per heavy atom. The SMILES string of the molecule is CC(C)c1ccc([C@@H](C)NC(=O)CCNS(=O)(=O)c2cccc(Cl)c2)cc1. The van der Waals surface area contributed by atoms with E-state index in [-0.39, 0.29) is 29.8 Å². The lowest BCUT2D eigenvalue weighted by atomic mass is 9.99. The minimum absolute atomic E-state index is 0.0136. The van der Waals surface area contributed by atoms with Gasteiger partial charge in [0.1, 0.15) is 0 Å². The lowest BCUT2D eigenvalue weighted by Crippen LogP contribution is -2.32. The van der Waals surface area contributed by atoms with Gasteiger partial charge in [0.05, 0.1) is 10.9 Å². The van der Waals surface area contributed by atoms with E-state index in [9.17, 15) is 13.2 Å². The Labute approximate surface area is 166 Å². The van der Waals surface area contributed by atoms with Crippen LogP contribution in [-0.4, -0.2) is 20.9 Å². The summed E-state index contributed by atoms with van der Waals surface area (Å²) in [6.07, 6.45) is 0.0498. The van der Waals surface area contributed by atoms with Gasteiger partial charge in [-0.05, 0) is 42.2 Å². The number of halogens is 1. The molecule has 0 bridgehead atoms. The van der Waals surface area contributed by atoms with Gasteiger partial charge in [-0.3, -0.25) is 4.79 Å². The van der Waals surface area contributed by atoms with Crippen molar-refractivity contribution in [3.63, 3.8) is 0 Å². The maximum atomic E-state index is 12.2. The van der Waals surface area contributed by atoms with Crippen molar-refractivity contribution in [2.24, 2.45) is 0 Å². The Morgan fingerprint density at radius 1 is 1.04 bits per heavy atom. The van der Waals surface area contributed by atoms with Gasteiger partial charge in [-0.15, -0.1) is 0 Å². The summed E-state index contributed by atoms with van der Waals surface area (Å²) in [6, 6.07) is 14.0. The predicted octanol–water partition coefficient (Wildman–Crippen LogP) is 4.01. The number of carbonyl (C=O) groups is 1. The Balaban J connectivity index is 1.85. The molecule has 2 rings (SSSR count). The van der Waals surface area contributed by atoms with E-state index >= 15 is 0 Å². The predicted molar refractivity (Wildman–Crippen MR) is 108 cm³/mol. The van der Waals surface area contributed by atoms with E-state index in [0.29, 0.717) is 10.9 Å². The lowest BCUT2D eigenvalue weighted by molar-refractivity contribution is -0.121. The fourth-order valence-electron chi connectivity index (χ4n) is 2.58. The molecular formula is C20H25ClN2O3S. The Morgan fingerprint density at radius 3 is 2.26 bits per heavy atom. The van der Waals surface area contributed by atoms with Crippen molar-refractivity contribution in [3.8, 4) is 0 Å². The van der Waals surface area contributed by atoms with Crippen LogP contribution in [0.4, 0.5) is 0 Å². The van der Waals surface area contributed by atoms with Crippen LogP contribution in [0.15, 0.2) is 53.4 Å². The third kappa shape index (κ3) is 6.34. The van der Waals surface area contributed by atoms with Gasteiger partial charge in [-0.1, -0.05) is 55.8 Å². The van der Waals surface area contributed by atoms with Crippen LogP contribution in [0.5, 0.6) is 0 Å². The van der Waals surface area contributed by atoms with Crippen molar-refractivity contribution in [1.29, 1.82) is 0 Å². The minimum atomic E-state index is -3.69. The van der Waals surface area contributed by atoms with Crippen LogP contribution in [0.1, 0.15) is 50.3 Å². The Kier molecular flexibility index (Phi) is 7.41. The molecule has 0 aliphatic rings. The van der Waals surface area contributed by atoms with Crippen LogP contribution >= 0.6 is 11.6 Å². The summed E-state index contributed by atoms with van der Waals surface area (Å²) in [6.45, 7) is 6.17. The summed E-state index contributed by atoms with van der Waals surface area (Å²) in [5.74, 6) is 0.237. The quantitative estimate of drug-likeness (QED) is 0.692. The number of rotatable bonds is 8. The first-order chi connectivity index (χ1) is 12.7. The van der Waals surface area contributed by atoms with Crippen molar-refractivity contribution in [2.45, 2.75) is 44.0 Å². The molecule has 0 aliphatic carbocycles. The molecule has 2 aromatic carbocycles. The smallest absolute Gasteiger partial charge is 0.240 e. The molecule has 0 fully saturated rings. The molecule has 0 unspecified atom stereocenters.